The summed E-state index contributed by atoms with van der Waals surface area (Å²) < 4.78 is 0. The Kier molecular flexibility index (Phi) is 11.6. The van der Waals surface area contributed by atoms with Gasteiger partial charge in [0, 0.05) is 29.9 Å². The fourth-order valence-corrected chi connectivity index (χ4v) is 3.89. The summed E-state index contributed by atoms with van der Waals surface area (Å²) in [4.78, 5) is 74.9. The van der Waals surface area contributed by atoms with Crippen molar-refractivity contribution in [1.82, 2.24) is 20.9 Å². The third-order valence-corrected chi connectivity index (χ3v) is 6.06. The van der Waals surface area contributed by atoms with Gasteiger partial charge in [-0.05, 0) is 37.8 Å². The molecule has 0 saturated heterocycles. The van der Waals surface area contributed by atoms with Crippen LogP contribution in [0.4, 0.5) is 0 Å². The largest absolute Gasteiger partial charge is 0.481 e. The topological polar surface area (TPSA) is 261 Å². The van der Waals surface area contributed by atoms with Crippen LogP contribution in [0, 0.1) is 0 Å². The third-order valence-electron chi connectivity index (χ3n) is 6.06. The summed E-state index contributed by atoms with van der Waals surface area (Å²) in [5.41, 5.74) is 7.63. The van der Waals surface area contributed by atoms with Gasteiger partial charge in [0.05, 0.1) is 12.1 Å². The van der Waals surface area contributed by atoms with Gasteiger partial charge in [-0.2, -0.15) is 0 Å². The van der Waals surface area contributed by atoms with Crippen LogP contribution in [0.3, 0.4) is 0 Å². The minimum absolute atomic E-state index is 0.0920. The number of aliphatic carboxylic acids is 3. The maximum absolute atomic E-state index is 13.0. The number of H-pyrrole nitrogens is 1. The Hall–Kier alpha value is -4.50. The highest BCUT2D eigenvalue weighted by Gasteiger charge is 2.33. The zero-order valence-corrected chi connectivity index (χ0v) is 21.6. The fraction of sp³-hybridized carbons (Fsp3) is 0.440. The molecule has 3 amide bonds. The number of fused-ring (bicyclic) bond motifs is 1. The van der Waals surface area contributed by atoms with Crippen LogP contribution in [-0.4, -0.2) is 91.3 Å². The van der Waals surface area contributed by atoms with Crippen molar-refractivity contribution in [3.05, 3.63) is 36.0 Å². The van der Waals surface area contributed by atoms with Crippen molar-refractivity contribution in [3.8, 4) is 0 Å². The smallest absolute Gasteiger partial charge is 0.326 e. The lowest BCUT2D eigenvalue weighted by molar-refractivity contribution is -0.144. The number of carbonyl (C=O) groups is 6. The van der Waals surface area contributed by atoms with Crippen LogP contribution in [0.25, 0.3) is 10.9 Å². The molecule has 0 spiro atoms. The van der Waals surface area contributed by atoms with Gasteiger partial charge in [0.25, 0.3) is 0 Å². The van der Waals surface area contributed by atoms with Crippen LogP contribution < -0.4 is 21.7 Å². The van der Waals surface area contributed by atoms with E-state index in [1.807, 2.05) is 24.3 Å². The molecule has 0 radical (unpaired) electrons. The summed E-state index contributed by atoms with van der Waals surface area (Å²) in [5, 5.41) is 44.7. The normalized spacial score (nSPS) is 14.8. The van der Waals surface area contributed by atoms with E-state index in [-0.39, 0.29) is 12.8 Å². The van der Waals surface area contributed by atoms with Crippen molar-refractivity contribution in [2.75, 3.05) is 0 Å². The average molecular weight is 564 g/mol. The molecule has 5 atom stereocenters. The summed E-state index contributed by atoms with van der Waals surface area (Å²) in [6.45, 7) is 1.14. The number of aliphatic hydroxyl groups excluding tert-OH is 1. The molecule has 1 aromatic heterocycles. The monoisotopic (exact) mass is 563 g/mol. The van der Waals surface area contributed by atoms with Crippen molar-refractivity contribution in [2.45, 2.75) is 69.3 Å². The second-order valence-electron chi connectivity index (χ2n) is 9.22. The molecule has 1 aromatic carbocycles. The number of aromatic nitrogens is 1. The van der Waals surface area contributed by atoms with Gasteiger partial charge in [-0.15, -0.1) is 0 Å². The van der Waals surface area contributed by atoms with Gasteiger partial charge in [0.15, 0.2) is 0 Å². The summed E-state index contributed by atoms with van der Waals surface area (Å²) in [7, 11) is 0. The Bertz CT molecular complexity index is 1240. The lowest BCUT2D eigenvalue weighted by Gasteiger charge is -2.26. The highest BCUT2D eigenvalue weighted by Crippen LogP contribution is 2.19. The molecule has 0 aliphatic rings. The maximum Gasteiger partial charge on any atom is 0.326 e. The van der Waals surface area contributed by atoms with E-state index in [0.717, 1.165) is 23.4 Å². The number of carboxylic acids is 3. The zero-order chi connectivity index (χ0) is 30.0. The Morgan fingerprint density at radius 2 is 1.43 bits per heavy atom. The summed E-state index contributed by atoms with van der Waals surface area (Å²) >= 11 is 0. The van der Waals surface area contributed by atoms with Gasteiger partial charge in [0.1, 0.15) is 18.1 Å². The highest BCUT2D eigenvalue weighted by molar-refractivity contribution is 5.95. The molecule has 2 rings (SSSR count). The zero-order valence-electron chi connectivity index (χ0n) is 21.6. The number of carboxylic acid groups (broad SMARTS) is 3. The number of benzene rings is 1. The number of hydrogen-bond donors (Lipinski definition) is 9. The molecule has 0 saturated carbocycles. The quantitative estimate of drug-likeness (QED) is 0.116. The summed E-state index contributed by atoms with van der Waals surface area (Å²) in [5.74, 6) is -6.99. The molecule has 10 N–H and O–H groups in total. The number of para-hydroxylation sites is 1. The van der Waals surface area contributed by atoms with E-state index in [2.05, 4.69) is 20.9 Å². The first-order valence-corrected chi connectivity index (χ1v) is 12.4. The number of amides is 3. The van der Waals surface area contributed by atoms with Crippen molar-refractivity contribution in [2.24, 2.45) is 5.73 Å². The lowest BCUT2D eigenvalue weighted by atomic mass is 10.0. The van der Waals surface area contributed by atoms with E-state index in [0.29, 0.717) is 0 Å². The number of carbonyl (C=O) groups excluding carboxylic acids is 3. The van der Waals surface area contributed by atoms with E-state index in [4.69, 9.17) is 15.9 Å². The van der Waals surface area contributed by atoms with Crippen LogP contribution >= 0.6 is 0 Å². The Morgan fingerprint density at radius 3 is 2.00 bits per heavy atom. The van der Waals surface area contributed by atoms with Crippen LogP contribution in [0.15, 0.2) is 30.5 Å². The molecule has 0 aliphatic heterocycles. The van der Waals surface area contributed by atoms with Gasteiger partial charge < -0.3 is 47.1 Å². The number of nitrogens with two attached hydrogens (primary N) is 1. The van der Waals surface area contributed by atoms with E-state index >= 15 is 0 Å². The van der Waals surface area contributed by atoms with Crippen LogP contribution in [0.1, 0.15) is 38.2 Å². The second kappa shape index (κ2) is 14.6. The summed E-state index contributed by atoms with van der Waals surface area (Å²) in [6.07, 6.45) is -1.69. The van der Waals surface area contributed by atoms with E-state index in [1.54, 1.807) is 6.20 Å². The predicted octanol–water partition coefficient (Wildman–Crippen LogP) is -1.31. The number of aromatic amines is 1. The standard InChI is InChI=1S/C25H33N5O10/c1-12(31)21(24(38)29-18(25(39)40)7-9-20(34)35)30-23(37)17(6-8-19(32)33)28-22(36)15(26)10-13-11-27-16-5-3-2-4-14(13)16/h2-5,11-12,15,17-18,21,27,31H,6-10,26H2,1H3,(H,28,36)(H,29,38)(H,30,37)(H,32,33)(H,34,35)(H,39,40). The van der Waals surface area contributed by atoms with Gasteiger partial charge >= 0.3 is 17.9 Å². The molecule has 2 aromatic rings. The molecule has 40 heavy (non-hydrogen) atoms. The molecule has 15 nitrogen and oxygen atoms in total. The lowest BCUT2D eigenvalue weighted by Crippen LogP contribution is -2.60. The molecule has 218 valence electrons. The summed E-state index contributed by atoms with van der Waals surface area (Å²) in [6, 6.07) is 1.42. The van der Waals surface area contributed by atoms with Crippen molar-refractivity contribution >= 4 is 46.5 Å². The molecule has 15 heteroatoms. The average Bonchev–Trinajstić information content (AvgIpc) is 3.29. The molecule has 5 unspecified atom stereocenters. The Labute approximate surface area is 228 Å². The van der Waals surface area contributed by atoms with Crippen molar-refractivity contribution in [3.63, 3.8) is 0 Å². The van der Waals surface area contributed by atoms with Gasteiger partial charge in [0.2, 0.25) is 17.7 Å². The molecule has 1 heterocycles. The van der Waals surface area contributed by atoms with Gasteiger partial charge in [-0.1, -0.05) is 18.2 Å². The molecular formula is C25H33N5O10. The molecule has 0 bridgehead atoms. The van der Waals surface area contributed by atoms with Crippen molar-refractivity contribution in [1.29, 1.82) is 0 Å². The molecular weight excluding hydrogens is 530 g/mol. The number of hydrogen-bond acceptors (Lipinski definition) is 8. The molecule has 0 aliphatic carbocycles. The second-order valence-corrected chi connectivity index (χ2v) is 9.22. The Balaban J connectivity index is 2.13. The number of nitrogens with one attached hydrogen (secondary N) is 4. The number of aliphatic hydroxyl groups is 1. The van der Waals surface area contributed by atoms with Crippen LogP contribution in [0.2, 0.25) is 0 Å². The van der Waals surface area contributed by atoms with E-state index < -0.39 is 85.2 Å². The first-order valence-electron chi connectivity index (χ1n) is 12.4. The predicted molar refractivity (Wildman–Crippen MR) is 139 cm³/mol. The number of rotatable bonds is 16. The van der Waals surface area contributed by atoms with Gasteiger partial charge in [-0.3, -0.25) is 24.0 Å². The minimum atomic E-state index is -1.71. The van der Waals surface area contributed by atoms with E-state index in [1.165, 1.54) is 0 Å². The van der Waals surface area contributed by atoms with E-state index in [9.17, 15) is 39.0 Å². The van der Waals surface area contributed by atoms with Crippen LogP contribution in [-0.2, 0) is 35.2 Å². The maximum atomic E-state index is 13.0. The fourth-order valence-electron chi connectivity index (χ4n) is 3.89. The van der Waals surface area contributed by atoms with Crippen LogP contribution in [0.5, 0.6) is 0 Å². The highest BCUT2D eigenvalue weighted by atomic mass is 16.4. The van der Waals surface area contributed by atoms with Crippen molar-refractivity contribution < 1.29 is 49.2 Å². The first-order chi connectivity index (χ1) is 18.8. The minimum Gasteiger partial charge on any atom is -0.481 e. The SMILES string of the molecule is CC(O)C(NC(=O)C(CCC(=O)O)NC(=O)C(N)Cc1c[nH]c2ccccc12)C(=O)NC(CCC(=O)O)C(=O)O. The molecule has 0 fully saturated rings. The Morgan fingerprint density at radius 1 is 0.850 bits per heavy atom. The van der Waals surface area contributed by atoms with Gasteiger partial charge in [-0.25, -0.2) is 4.79 Å². The first kappa shape index (κ1) is 31.7. The third kappa shape index (κ3) is 9.36.